The van der Waals surface area contributed by atoms with Crippen LogP contribution in [0.2, 0.25) is 0 Å². The minimum absolute atomic E-state index is 0.123. The van der Waals surface area contributed by atoms with Crippen molar-refractivity contribution in [3.8, 4) is 5.75 Å². The molecule has 0 amide bonds. The summed E-state index contributed by atoms with van der Waals surface area (Å²) in [6.45, 7) is 8.02. The molecule has 4 rings (SSSR count). The molecule has 158 valence electrons. The monoisotopic (exact) mass is 416 g/mol. The Kier molecular flexibility index (Phi) is 5.84. The fraction of sp³-hybridized carbons (Fsp3) is 0.208. The smallest absolute Gasteiger partial charge is 0.338 e. The summed E-state index contributed by atoms with van der Waals surface area (Å²) in [5.74, 6) is 0.777. The van der Waals surface area contributed by atoms with Crippen molar-refractivity contribution in [2.24, 2.45) is 0 Å². The molecule has 1 unspecified atom stereocenters. The Bertz CT molecular complexity index is 1130. The Balaban J connectivity index is 1.71. The predicted molar refractivity (Wildman–Crippen MR) is 118 cm³/mol. The number of rotatable bonds is 7. The third-order valence-electron chi connectivity index (χ3n) is 5.08. The van der Waals surface area contributed by atoms with Gasteiger partial charge in [-0.1, -0.05) is 60.7 Å². The molecule has 1 N–H and O–H groups in total. The lowest BCUT2D eigenvalue weighted by Crippen LogP contribution is -2.30. The van der Waals surface area contributed by atoms with Gasteiger partial charge in [-0.3, -0.25) is 0 Å². The van der Waals surface area contributed by atoms with Crippen molar-refractivity contribution < 1.29 is 14.3 Å². The van der Waals surface area contributed by atoms with E-state index in [0.717, 1.165) is 11.1 Å². The van der Waals surface area contributed by atoms with Crippen LogP contribution in [0.25, 0.3) is 0 Å². The second-order valence-electron chi connectivity index (χ2n) is 7.29. The molecule has 2 aromatic carbocycles. The molecule has 1 atom stereocenters. The second-order valence-corrected chi connectivity index (χ2v) is 7.29. The molecule has 0 saturated carbocycles. The summed E-state index contributed by atoms with van der Waals surface area (Å²) < 4.78 is 13.2. The van der Waals surface area contributed by atoms with Crippen molar-refractivity contribution in [3.63, 3.8) is 0 Å². The number of aryl methyl sites for hydroxylation is 1. The Morgan fingerprint density at radius 3 is 2.74 bits per heavy atom. The molecule has 3 aromatic rings. The molecule has 2 heterocycles. The molecule has 1 aromatic heterocycles. The number of anilines is 1. The summed E-state index contributed by atoms with van der Waals surface area (Å²) in [5, 5.41) is 7.49. The van der Waals surface area contributed by atoms with Crippen molar-refractivity contribution in [2.75, 3.05) is 11.9 Å². The highest BCUT2D eigenvalue weighted by molar-refractivity contribution is 5.92. The number of nitrogens with one attached hydrogen (secondary N) is 1. The van der Waals surface area contributed by atoms with E-state index in [0.29, 0.717) is 29.6 Å². The van der Waals surface area contributed by atoms with Gasteiger partial charge in [-0.05, 0) is 25.5 Å². The third kappa shape index (κ3) is 4.21. The molecule has 0 fully saturated rings. The van der Waals surface area contributed by atoms with E-state index < -0.39 is 12.0 Å². The van der Waals surface area contributed by atoms with Crippen molar-refractivity contribution in [1.82, 2.24) is 14.8 Å². The van der Waals surface area contributed by atoms with Crippen LogP contribution in [0.5, 0.6) is 5.75 Å². The number of hydrogen-bond acceptors (Lipinski definition) is 6. The first kappa shape index (κ1) is 20.4. The summed E-state index contributed by atoms with van der Waals surface area (Å²) in [6, 6.07) is 15.3. The predicted octanol–water partition coefficient (Wildman–Crippen LogP) is 4.18. The SMILES string of the molecule is C=CCOC(=O)C1=C(C)Nc2ncnn2C1c1ccccc1OCc1ccc(C)cc1. The number of allylic oxidation sites excluding steroid dienone is 1. The van der Waals surface area contributed by atoms with E-state index in [1.54, 1.807) is 10.8 Å². The highest BCUT2D eigenvalue weighted by Crippen LogP contribution is 2.39. The summed E-state index contributed by atoms with van der Waals surface area (Å²) in [5.41, 5.74) is 4.16. The fourth-order valence-electron chi connectivity index (χ4n) is 3.54. The molecule has 0 bridgehead atoms. The molecule has 7 heteroatoms. The van der Waals surface area contributed by atoms with Crippen LogP contribution >= 0.6 is 0 Å². The van der Waals surface area contributed by atoms with E-state index in [1.165, 1.54) is 11.9 Å². The zero-order valence-corrected chi connectivity index (χ0v) is 17.5. The normalized spacial score (nSPS) is 15.1. The fourth-order valence-corrected chi connectivity index (χ4v) is 3.54. The van der Waals surface area contributed by atoms with E-state index >= 15 is 0 Å². The van der Waals surface area contributed by atoms with Crippen LogP contribution in [0, 0.1) is 6.92 Å². The van der Waals surface area contributed by atoms with E-state index in [4.69, 9.17) is 9.47 Å². The number of fused-ring (bicyclic) bond motifs is 1. The standard InChI is InChI=1S/C24H24N4O3/c1-4-13-30-23(29)21-17(3)27-24-25-15-26-28(24)22(21)19-7-5-6-8-20(19)31-14-18-11-9-16(2)10-12-18/h4-12,15,22H,1,13-14H2,2-3H3,(H,25,26,27). The van der Waals surface area contributed by atoms with Crippen LogP contribution in [-0.2, 0) is 16.1 Å². The zero-order chi connectivity index (χ0) is 21.8. The lowest BCUT2D eigenvalue weighted by molar-refractivity contribution is -0.138. The van der Waals surface area contributed by atoms with Gasteiger partial charge in [0.1, 0.15) is 31.3 Å². The molecule has 0 spiro atoms. The summed E-state index contributed by atoms with van der Waals surface area (Å²) in [4.78, 5) is 17.2. The first-order chi connectivity index (χ1) is 15.1. The van der Waals surface area contributed by atoms with Crippen LogP contribution < -0.4 is 10.1 Å². The third-order valence-corrected chi connectivity index (χ3v) is 5.08. The van der Waals surface area contributed by atoms with Crippen LogP contribution in [-0.4, -0.2) is 27.3 Å². The highest BCUT2D eigenvalue weighted by Gasteiger charge is 2.35. The van der Waals surface area contributed by atoms with Gasteiger partial charge in [-0.25, -0.2) is 9.48 Å². The first-order valence-corrected chi connectivity index (χ1v) is 10.0. The number of carbonyl (C=O) groups excluding carboxylic acids is 1. The maximum Gasteiger partial charge on any atom is 0.338 e. The quantitative estimate of drug-likeness (QED) is 0.460. The second kappa shape index (κ2) is 8.87. The average molecular weight is 416 g/mol. The van der Waals surface area contributed by atoms with Gasteiger partial charge in [0.05, 0.1) is 5.57 Å². The van der Waals surface area contributed by atoms with Gasteiger partial charge in [0.25, 0.3) is 0 Å². The number of ether oxygens (including phenoxy) is 2. The minimum Gasteiger partial charge on any atom is -0.489 e. The Morgan fingerprint density at radius 1 is 1.19 bits per heavy atom. The molecule has 1 aliphatic heterocycles. The van der Waals surface area contributed by atoms with Gasteiger partial charge in [0.15, 0.2) is 0 Å². The van der Waals surface area contributed by atoms with Gasteiger partial charge >= 0.3 is 5.97 Å². The largest absolute Gasteiger partial charge is 0.489 e. The molecular weight excluding hydrogens is 392 g/mol. The maximum atomic E-state index is 12.9. The van der Waals surface area contributed by atoms with E-state index in [9.17, 15) is 4.79 Å². The molecule has 31 heavy (non-hydrogen) atoms. The van der Waals surface area contributed by atoms with E-state index in [1.807, 2.05) is 50.2 Å². The molecule has 0 saturated heterocycles. The number of esters is 1. The average Bonchev–Trinajstić information content (AvgIpc) is 3.24. The van der Waals surface area contributed by atoms with Crippen LogP contribution in [0.4, 0.5) is 5.95 Å². The zero-order valence-electron chi connectivity index (χ0n) is 17.5. The molecule has 0 aliphatic carbocycles. The Labute approximate surface area is 181 Å². The van der Waals surface area contributed by atoms with Crippen LogP contribution in [0.1, 0.15) is 29.7 Å². The van der Waals surface area contributed by atoms with Crippen molar-refractivity contribution in [2.45, 2.75) is 26.5 Å². The topological polar surface area (TPSA) is 78.3 Å². The van der Waals surface area contributed by atoms with Crippen molar-refractivity contribution in [3.05, 3.63) is 95.5 Å². The summed E-state index contributed by atoms with van der Waals surface area (Å²) in [7, 11) is 0. The molecular formula is C24H24N4O3. The summed E-state index contributed by atoms with van der Waals surface area (Å²) >= 11 is 0. The van der Waals surface area contributed by atoms with Gasteiger partial charge in [0, 0.05) is 11.3 Å². The number of carbonyl (C=O) groups is 1. The van der Waals surface area contributed by atoms with Crippen LogP contribution in [0.3, 0.4) is 0 Å². The van der Waals surface area contributed by atoms with E-state index in [-0.39, 0.29) is 6.61 Å². The Morgan fingerprint density at radius 2 is 1.97 bits per heavy atom. The lowest BCUT2D eigenvalue weighted by Gasteiger charge is -2.29. The van der Waals surface area contributed by atoms with Gasteiger partial charge in [-0.15, -0.1) is 0 Å². The van der Waals surface area contributed by atoms with Crippen LogP contribution in [0.15, 0.2) is 78.8 Å². The molecule has 7 nitrogen and oxygen atoms in total. The number of hydrogen-bond donors (Lipinski definition) is 1. The van der Waals surface area contributed by atoms with Gasteiger partial charge in [-0.2, -0.15) is 10.1 Å². The highest BCUT2D eigenvalue weighted by atomic mass is 16.5. The molecule has 1 aliphatic rings. The van der Waals surface area contributed by atoms with Crippen molar-refractivity contribution in [1.29, 1.82) is 0 Å². The minimum atomic E-state index is -0.537. The summed E-state index contributed by atoms with van der Waals surface area (Å²) in [6.07, 6.45) is 3.00. The lowest BCUT2D eigenvalue weighted by atomic mass is 9.95. The van der Waals surface area contributed by atoms with E-state index in [2.05, 4.69) is 34.1 Å². The maximum absolute atomic E-state index is 12.9. The Hall–Kier alpha value is -3.87. The molecule has 0 radical (unpaired) electrons. The number of para-hydroxylation sites is 1. The van der Waals surface area contributed by atoms with Gasteiger partial charge in [0.2, 0.25) is 5.95 Å². The van der Waals surface area contributed by atoms with Crippen molar-refractivity contribution >= 4 is 11.9 Å². The number of nitrogens with zero attached hydrogens (tertiary/aromatic N) is 3. The first-order valence-electron chi connectivity index (χ1n) is 10.0. The number of aromatic nitrogens is 3. The number of benzene rings is 2. The van der Waals surface area contributed by atoms with Gasteiger partial charge < -0.3 is 14.8 Å².